The van der Waals surface area contributed by atoms with Crippen molar-refractivity contribution in [2.75, 3.05) is 0 Å². The zero-order valence-corrected chi connectivity index (χ0v) is 20.9. The van der Waals surface area contributed by atoms with E-state index in [1.807, 2.05) is 0 Å². The Morgan fingerprint density at radius 2 is 1.69 bits per heavy atom. The Hall–Kier alpha value is -1.41. The van der Waals surface area contributed by atoms with Gasteiger partial charge in [0.05, 0.1) is 8.07 Å². The number of aryl methyl sites for hydroxylation is 2. The molecule has 1 nitrogen and oxygen atoms in total. The number of hydrogen-bond acceptors (Lipinski definition) is 0. The Morgan fingerprint density at radius 1 is 1.03 bits per heavy atom. The van der Waals surface area contributed by atoms with Gasteiger partial charge in [-0.05, 0) is 60.8 Å². The van der Waals surface area contributed by atoms with E-state index in [-0.39, 0.29) is 0 Å². The second-order valence-corrected chi connectivity index (χ2v) is 15.4. The summed E-state index contributed by atoms with van der Waals surface area (Å²) in [5.41, 5.74) is 7.35. The largest absolute Gasteiger partial charge is 0.212 e. The number of aromatic nitrogens is 1. The molecule has 1 aromatic carbocycles. The molecule has 0 saturated heterocycles. The van der Waals surface area contributed by atoms with Gasteiger partial charge < -0.3 is 0 Å². The van der Waals surface area contributed by atoms with Gasteiger partial charge in [0.25, 0.3) is 0 Å². The molecule has 158 valence electrons. The number of nitrogens with zero attached hydrogens (tertiary/aromatic N) is 1. The number of hydrogen-bond donors (Lipinski definition) is 0. The Bertz CT molecular complexity index is 836. The minimum absolute atomic E-state index is 0.666. The first-order valence-corrected chi connectivity index (χ1v) is 15.4. The first-order valence-electron chi connectivity index (χ1n) is 11.9. The summed E-state index contributed by atoms with van der Waals surface area (Å²) in [6, 6.07) is 9.74. The molecular weight excluding hydrogens is 366 g/mol. The van der Waals surface area contributed by atoms with Gasteiger partial charge in [0.1, 0.15) is 7.05 Å². The molecule has 1 aromatic heterocycles. The van der Waals surface area contributed by atoms with Gasteiger partial charge in [-0.2, -0.15) is 0 Å². The molecule has 3 rings (SSSR count). The maximum Gasteiger partial charge on any atom is 0.212 e. The van der Waals surface area contributed by atoms with Gasteiger partial charge >= 0.3 is 0 Å². The number of benzene rings is 1. The summed E-state index contributed by atoms with van der Waals surface area (Å²) in [4.78, 5) is 0. The molecule has 0 spiro atoms. The summed E-state index contributed by atoms with van der Waals surface area (Å²) in [5.74, 6) is 1.56. The van der Waals surface area contributed by atoms with Crippen LogP contribution >= 0.6 is 0 Å². The zero-order chi connectivity index (χ0) is 21.2. The average molecular weight is 409 g/mol. The Balaban J connectivity index is 2.11. The van der Waals surface area contributed by atoms with Crippen LogP contribution in [0, 0.1) is 12.8 Å². The third kappa shape index (κ3) is 5.02. The summed E-state index contributed by atoms with van der Waals surface area (Å²) in [5, 5.41) is 1.66. The zero-order valence-electron chi connectivity index (χ0n) is 19.9. The van der Waals surface area contributed by atoms with Crippen LogP contribution in [0.3, 0.4) is 0 Å². The highest BCUT2D eigenvalue weighted by atomic mass is 28.3. The lowest BCUT2D eigenvalue weighted by Gasteiger charge is -2.22. The number of rotatable bonds is 7. The lowest BCUT2D eigenvalue weighted by atomic mass is 9.90. The van der Waals surface area contributed by atoms with E-state index in [9.17, 15) is 0 Å². The molecule has 1 heterocycles. The van der Waals surface area contributed by atoms with Crippen LogP contribution in [0.2, 0.25) is 19.6 Å². The fraction of sp³-hybridized carbons (Fsp3) is 0.593. The standard InChI is InChI=1S/C27H42NSi/c1-8-22(9-2)23-15-14-20(3)25(17-23)26-18-24(16-21-12-10-11-13-21)27(19-28(26)4)29(5,6)7/h14-15,17-19,21-22H,8-13,16H2,1-7H3/q+1. The van der Waals surface area contributed by atoms with Crippen molar-refractivity contribution in [3.63, 3.8) is 0 Å². The molecule has 2 aromatic rings. The predicted octanol–water partition coefficient (Wildman–Crippen LogP) is 6.67. The molecular formula is C27H42NSi+. The van der Waals surface area contributed by atoms with Crippen LogP contribution in [-0.2, 0) is 13.5 Å². The van der Waals surface area contributed by atoms with Crippen molar-refractivity contribution < 1.29 is 4.57 Å². The molecule has 1 fully saturated rings. The van der Waals surface area contributed by atoms with Crippen molar-refractivity contribution in [2.45, 2.75) is 91.3 Å². The third-order valence-corrected chi connectivity index (χ3v) is 9.21. The van der Waals surface area contributed by atoms with Crippen LogP contribution in [0.1, 0.15) is 75.0 Å². The minimum Gasteiger partial charge on any atom is -0.201 e. The SMILES string of the molecule is CCC(CC)c1ccc(C)c(-c2cc(CC3CCCC3)c([Si](C)(C)C)c[n+]2C)c1. The summed E-state index contributed by atoms with van der Waals surface area (Å²) >= 11 is 0. The third-order valence-electron chi connectivity index (χ3n) is 7.15. The molecule has 0 N–H and O–H groups in total. The highest BCUT2D eigenvalue weighted by Gasteiger charge is 2.28. The molecule has 0 bridgehead atoms. The lowest BCUT2D eigenvalue weighted by Crippen LogP contribution is -2.47. The molecule has 0 amide bonds. The Labute approximate surface area is 180 Å². The van der Waals surface area contributed by atoms with Crippen molar-refractivity contribution in [3.05, 3.63) is 47.2 Å². The van der Waals surface area contributed by atoms with Crippen LogP contribution in [0.5, 0.6) is 0 Å². The molecule has 0 atom stereocenters. The highest BCUT2D eigenvalue weighted by Crippen LogP contribution is 2.31. The topological polar surface area (TPSA) is 3.88 Å². The van der Waals surface area contributed by atoms with E-state index in [0.29, 0.717) is 5.92 Å². The predicted molar refractivity (Wildman–Crippen MR) is 130 cm³/mol. The van der Waals surface area contributed by atoms with Crippen molar-refractivity contribution in [1.82, 2.24) is 0 Å². The van der Waals surface area contributed by atoms with Crippen molar-refractivity contribution >= 4 is 13.3 Å². The molecule has 0 unspecified atom stereocenters. The molecule has 2 heteroatoms. The van der Waals surface area contributed by atoms with Crippen molar-refractivity contribution in [2.24, 2.45) is 13.0 Å². The van der Waals surface area contributed by atoms with E-state index in [0.717, 1.165) is 5.92 Å². The van der Waals surface area contributed by atoms with Gasteiger partial charge in [-0.25, -0.2) is 4.57 Å². The van der Waals surface area contributed by atoms with E-state index in [4.69, 9.17) is 0 Å². The normalized spacial score (nSPS) is 15.4. The summed E-state index contributed by atoms with van der Waals surface area (Å²) in [6.45, 7) is 14.4. The molecule has 1 saturated carbocycles. The summed E-state index contributed by atoms with van der Waals surface area (Å²) < 4.78 is 2.41. The van der Waals surface area contributed by atoms with Crippen molar-refractivity contribution in [1.29, 1.82) is 0 Å². The average Bonchev–Trinajstić information content (AvgIpc) is 3.17. The van der Waals surface area contributed by atoms with Gasteiger partial charge in [-0.1, -0.05) is 71.3 Å². The van der Waals surface area contributed by atoms with Crippen LogP contribution in [0.15, 0.2) is 30.5 Å². The minimum atomic E-state index is -1.38. The van der Waals surface area contributed by atoms with Gasteiger partial charge in [-0.15, -0.1) is 0 Å². The fourth-order valence-corrected chi connectivity index (χ4v) is 6.98. The maximum atomic E-state index is 2.56. The first kappa shape index (κ1) is 22.3. The van der Waals surface area contributed by atoms with Crippen molar-refractivity contribution in [3.8, 4) is 11.3 Å². The Morgan fingerprint density at radius 3 is 2.28 bits per heavy atom. The highest BCUT2D eigenvalue weighted by molar-refractivity contribution is 6.88. The number of pyridine rings is 1. The quantitative estimate of drug-likeness (QED) is 0.356. The summed E-state index contributed by atoms with van der Waals surface area (Å²) in [6.07, 6.45) is 11.9. The van der Waals surface area contributed by atoms with E-state index in [1.54, 1.807) is 10.8 Å². The first-order chi connectivity index (χ1) is 13.7. The second kappa shape index (κ2) is 9.16. The Kier molecular flexibility index (Phi) is 7.04. The van der Waals surface area contributed by atoms with Gasteiger partial charge in [-0.3, -0.25) is 0 Å². The van der Waals surface area contributed by atoms with E-state index < -0.39 is 8.07 Å². The molecule has 29 heavy (non-hydrogen) atoms. The van der Waals surface area contributed by atoms with Gasteiger partial charge in [0.2, 0.25) is 5.69 Å². The van der Waals surface area contributed by atoms with Gasteiger partial charge in [0.15, 0.2) is 6.20 Å². The van der Waals surface area contributed by atoms with E-state index >= 15 is 0 Å². The van der Waals surface area contributed by atoms with Crippen LogP contribution < -0.4 is 9.75 Å². The van der Waals surface area contributed by atoms with E-state index in [2.05, 4.69) is 82.5 Å². The molecule has 1 aliphatic carbocycles. The monoisotopic (exact) mass is 408 g/mol. The molecule has 0 aliphatic heterocycles. The van der Waals surface area contributed by atoms with E-state index in [1.165, 1.54) is 67.3 Å². The molecule has 1 aliphatic rings. The van der Waals surface area contributed by atoms with Crippen LogP contribution in [0.25, 0.3) is 11.3 Å². The summed E-state index contributed by atoms with van der Waals surface area (Å²) in [7, 11) is 0.872. The fourth-order valence-electron chi connectivity index (χ4n) is 5.26. The lowest BCUT2D eigenvalue weighted by molar-refractivity contribution is -0.659. The van der Waals surface area contributed by atoms with Crippen LogP contribution in [-0.4, -0.2) is 8.07 Å². The smallest absolute Gasteiger partial charge is 0.201 e. The van der Waals surface area contributed by atoms with Gasteiger partial charge in [0, 0.05) is 16.8 Å². The maximum absolute atomic E-state index is 2.56. The van der Waals surface area contributed by atoms with Crippen LogP contribution in [0.4, 0.5) is 0 Å². The molecule has 0 radical (unpaired) electrons. The second-order valence-electron chi connectivity index (χ2n) is 10.4.